The minimum atomic E-state index is -4.60. The van der Waals surface area contributed by atoms with E-state index in [0.29, 0.717) is 0 Å². The molecule has 3 rings (SSSR count). The number of hydrogen-bond donors (Lipinski definition) is 4. The quantitative estimate of drug-likeness (QED) is 0.593. The van der Waals surface area contributed by atoms with Crippen molar-refractivity contribution < 1.29 is 38.3 Å². The van der Waals surface area contributed by atoms with Crippen molar-refractivity contribution in [2.24, 2.45) is 0 Å². The van der Waals surface area contributed by atoms with Crippen molar-refractivity contribution in [3.05, 3.63) is 36.0 Å². The molecule has 5 atom stereocenters. The van der Waals surface area contributed by atoms with E-state index in [-0.39, 0.29) is 11.3 Å². The molecule has 142 valence electrons. The molecular formula is C15H16F3N3O5. The lowest BCUT2D eigenvalue weighted by Crippen LogP contribution is -2.56. The molecule has 0 radical (unpaired) electrons. The summed E-state index contributed by atoms with van der Waals surface area (Å²) < 4.78 is 45.5. The first-order valence-electron chi connectivity index (χ1n) is 7.63. The van der Waals surface area contributed by atoms with E-state index in [1.165, 1.54) is 18.2 Å². The maximum atomic E-state index is 13.2. The number of aromatic nitrogens is 3. The minimum absolute atomic E-state index is 0.109. The van der Waals surface area contributed by atoms with Crippen LogP contribution in [0.3, 0.4) is 0 Å². The second-order valence-corrected chi connectivity index (χ2v) is 5.85. The number of nitrogens with zero attached hydrogens (tertiary/aromatic N) is 3. The smallest absolute Gasteiger partial charge is 0.394 e. The number of ether oxygens (including phenoxy) is 1. The number of rotatable bonds is 3. The van der Waals surface area contributed by atoms with Crippen molar-refractivity contribution in [3.63, 3.8) is 0 Å². The number of halogens is 3. The van der Waals surface area contributed by atoms with Gasteiger partial charge in [0.1, 0.15) is 30.0 Å². The molecule has 2 aromatic rings. The van der Waals surface area contributed by atoms with Crippen molar-refractivity contribution in [3.8, 4) is 11.3 Å². The van der Waals surface area contributed by atoms with Crippen LogP contribution in [-0.2, 0) is 10.9 Å². The highest BCUT2D eigenvalue weighted by atomic mass is 19.4. The average Bonchev–Trinajstić information content (AvgIpc) is 3.08. The Morgan fingerprint density at radius 3 is 2.46 bits per heavy atom. The third-order valence-corrected chi connectivity index (χ3v) is 4.19. The number of aliphatic hydroxyl groups is 4. The SMILES string of the molecule is OC[C@H]1OC(O)[C@H](O)[C@@H](O)[C@@H]1n1cc(-c2ccccc2C(F)(F)F)nn1. The molecule has 1 aromatic carbocycles. The zero-order valence-electron chi connectivity index (χ0n) is 13.2. The molecule has 0 bridgehead atoms. The molecule has 26 heavy (non-hydrogen) atoms. The van der Waals surface area contributed by atoms with Crippen LogP contribution in [0.4, 0.5) is 13.2 Å². The van der Waals surface area contributed by atoms with Gasteiger partial charge in [0, 0.05) is 5.56 Å². The molecular weight excluding hydrogens is 359 g/mol. The number of benzene rings is 1. The molecule has 1 aliphatic rings. The Hall–Kier alpha value is -2.05. The van der Waals surface area contributed by atoms with Crippen LogP contribution in [0.25, 0.3) is 11.3 Å². The van der Waals surface area contributed by atoms with E-state index < -0.39 is 49.0 Å². The highest BCUT2D eigenvalue weighted by Gasteiger charge is 2.45. The van der Waals surface area contributed by atoms with Crippen molar-refractivity contribution in [2.45, 2.75) is 36.8 Å². The normalized spacial score (nSPS) is 29.7. The van der Waals surface area contributed by atoms with Crippen LogP contribution in [0.5, 0.6) is 0 Å². The fraction of sp³-hybridized carbons (Fsp3) is 0.467. The minimum Gasteiger partial charge on any atom is -0.394 e. The van der Waals surface area contributed by atoms with Gasteiger partial charge in [0.25, 0.3) is 0 Å². The Morgan fingerprint density at radius 2 is 1.81 bits per heavy atom. The van der Waals surface area contributed by atoms with E-state index in [1.54, 1.807) is 0 Å². The lowest BCUT2D eigenvalue weighted by atomic mass is 9.96. The Bertz CT molecular complexity index is 767. The van der Waals surface area contributed by atoms with Crippen LogP contribution < -0.4 is 0 Å². The van der Waals surface area contributed by atoms with Gasteiger partial charge in [0.05, 0.1) is 18.4 Å². The summed E-state index contributed by atoms with van der Waals surface area (Å²) in [6, 6.07) is 3.64. The molecule has 1 aliphatic heterocycles. The van der Waals surface area contributed by atoms with Crippen LogP contribution >= 0.6 is 0 Å². The number of aliphatic hydroxyl groups excluding tert-OH is 4. The van der Waals surface area contributed by atoms with Gasteiger partial charge in [-0.3, -0.25) is 0 Å². The van der Waals surface area contributed by atoms with E-state index in [1.807, 2.05) is 0 Å². The molecule has 2 heterocycles. The lowest BCUT2D eigenvalue weighted by molar-refractivity contribution is -0.270. The van der Waals surface area contributed by atoms with E-state index >= 15 is 0 Å². The fourth-order valence-corrected chi connectivity index (χ4v) is 2.91. The van der Waals surface area contributed by atoms with Crippen molar-refractivity contribution in [1.29, 1.82) is 0 Å². The Balaban J connectivity index is 1.98. The van der Waals surface area contributed by atoms with Gasteiger partial charge in [0.15, 0.2) is 6.29 Å². The summed E-state index contributed by atoms with van der Waals surface area (Å²) in [4.78, 5) is 0. The first-order valence-corrected chi connectivity index (χ1v) is 7.63. The van der Waals surface area contributed by atoms with Crippen LogP contribution in [0.15, 0.2) is 30.5 Å². The third-order valence-electron chi connectivity index (χ3n) is 4.19. The molecule has 1 saturated heterocycles. The monoisotopic (exact) mass is 375 g/mol. The van der Waals surface area contributed by atoms with Gasteiger partial charge >= 0.3 is 6.18 Å². The molecule has 0 saturated carbocycles. The zero-order chi connectivity index (χ0) is 19.1. The van der Waals surface area contributed by atoms with Gasteiger partial charge in [-0.15, -0.1) is 5.10 Å². The third kappa shape index (κ3) is 3.31. The highest BCUT2D eigenvalue weighted by molar-refractivity contribution is 5.63. The number of alkyl halides is 3. The van der Waals surface area contributed by atoms with Gasteiger partial charge in [-0.05, 0) is 6.07 Å². The first kappa shape index (κ1) is 18.7. The molecule has 11 heteroatoms. The molecule has 1 fully saturated rings. The van der Waals surface area contributed by atoms with Gasteiger partial charge < -0.3 is 25.2 Å². The highest BCUT2D eigenvalue weighted by Crippen LogP contribution is 2.37. The van der Waals surface area contributed by atoms with E-state index in [9.17, 15) is 33.6 Å². The second kappa shape index (κ2) is 6.93. The predicted octanol–water partition coefficient (Wildman–Crippen LogP) is -0.0637. The summed E-state index contributed by atoms with van der Waals surface area (Å²) in [6.07, 6.45) is -9.57. The maximum absolute atomic E-state index is 13.2. The summed E-state index contributed by atoms with van der Waals surface area (Å²) in [5, 5.41) is 46.2. The van der Waals surface area contributed by atoms with Crippen LogP contribution in [0.1, 0.15) is 11.6 Å². The van der Waals surface area contributed by atoms with Crippen molar-refractivity contribution in [2.75, 3.05) is 6.61 Å². The molecule has 4 N–H and O–H groups in total. The summed E-state index contributed by atoms with van der Waals surface area (Å²) in [5.74, 6) is 0. The van der Waals surface area contributed by atoms with Gasteiger partial charge in [0.2, 0.25) is 0 Å². The Morgan fingerprint density at radius 1 is 1.12 bits per heavy atom. The first-order chi connectivity index (χ1) is 12.2. The zero-order valence-corrected chi connectivity index (χ0v) is 13.2. The van der Waals surface area contributed by atoms with Crippen molar-refractivity contribution >= 4 is 0 Å². The van der Waals surface area contributed by atoms with E-state index in [2.05, 4.69) is 10.3 Å². The summed E-state index contributed by atoms with van der Waals surface area (Å²) >= 11 is 0. The summed E-state index contributed by atoms with van der Waals surface area (Å²) in [7, 11) is 0. The maximum Gasteiger partial charge on any atom is 0.417 e. The Labute approximate surface area is 145 Å². The largest absolute Gasteiger partial charge is 0.417 e. The van der Waals surface area contributed by atoms with Gasteiger partial charge in [-0.25, -0.2) is 4.68 Å². The molecule has 0 spiro atoms. The number of hydrogen-bond acceptors (Lipinski definition) is 7. The Kier molecular flexibility index (Phi) is 4.99. The molecule has 0 aliphatic carbocycles. The fourth-order valence-electron chi connectivity index (χ4n) is 2.91. The lowest BCUT2D eigenvalue weighted by Gasteiger charge is -2.39. The van der Waals surface area contributed by atoms with Gasteiger partial charge in [-0.1, -0.05) is 23.4 Å². The molecule has 1 unspecified atom stereocenters. The second-order valence-electron chi connectivity index (χ2n) is 5.85. The van der Waals surface area contributed by atoms with E-state index in [0.717, 1.165) is 16.9 Å². The summed E-state index contributed by atoms with van der Waals surface area (Å²) in [6.45, 7) is -0.625. The van der Waals surface area contributed by atoms with Crippen LogP contribution in [0, 0.1) is 0 Å². The predicted molar refractivity (Wildman–Crippen MR) is 79.5 cm³/mol. The molecule has 0 amide bonds. The topological polar surface area (TPSA) is 121 Å². The molecule has 1 aromatic heterocycles. The average molecular weight is 375 g/mol. The summed E-state index contributed by atoms with van der Waals surface area (Å²) in [5.41, 5.74) is -1.22. The van der Waals surface area contributed by atoms with E-state index in [4.69, 9.17) is 4.74 Å². The standard InChI is InChI=1S/C15H16F3N3O5/c16-15(17,18)8-4-2-1-3-7(8)9-5-21(20-19-9)11-10(6-22)26-14(25)13(24)12(11)23/h1-5,10-14,22-25H,6H2/t10-,11-,12+,13-,14?/m1/s1. The molecule has 8 nitrogen and oxygen atoms in total. The van der Waals surface area contributed by atoms with Crippen LogP contribution in [-0.4, -0.2) is 66.6 Å². The van der Waals surface area contributed by atoms with Crippen LogP contribution in [0.2, 0.25) is 0 Å². The van der Waals surface area contributed by atoms with Crippen molar-refractivity contribution in [1.82, 2.24) is 15.0 Å². The van der Waals surface area contributed by atoms with Gasteiger partial charge in [-0.2, -0.15) is 13.2 Å².